The van der Waals surface area contributed by atoms with E-state index in [1.54, 1.807) is 25.1 Å². The summed E-state index contributed by atoms with van der Waals surface area (Å²) in [6, 6.07) is 6.31. The van der Waals surface area contributed by atoms with E-state index in [9.17, 15) is 9.90 Å². The molecule has 6 nitrogen and oxygen atoms in total. The van der Waals surface area contributed by atoms with Crippen LogP contribution in [0.4, 0.5) is 0 Å². The highest BCUT2D eigenvalue weighted by Gasteiger charge is 2.15. The van der Waals surface area contributed by atoms with Gasteiger partial charge >= 0.3 is 5.97 Å². The molecule has 0 atom stereocenters. The van der Waals surface area contributed by atoms with Crippen LogP contribution in [0.3, 0.4) is 0 Å². The van der Waals surface area contributed by atoms with Gasteiger partial charge < -0.3 is 10.2 Å². The van der Waals surface area contributed by atoms with Crippen LogP contribution in [0.25, 0.3) is 17.0 Å². The van der Waals surface area contributed by atoms with E-state index in [1.807, 2.05) is 0 Å². The summed E-state index contributed by atoms with van der Waals surface area (Å²) in [6.45, 7) is 1.76. The number of phenolic OH excluding ortho intramolecular Hbond substituents is 1. The Morgan fingerprint density at radius 3 is 2.71 bits per heavy atom. The number of pyridine rings is 1. The van der Waals surface area contributed by atoms with Crippen molar-refractivity contribution < 1.29 is 15.0 Å². The van der Waals surface area contributed by atoms with E-state index in [4.69, 9.17) is 16.7 Å². The third kappa shape index (κ3) is 2.19. The van der Waals surface area contributed by atoms with Crippen LogP contribution >= 0.6 is 11.6 Å². The molecule has 7 heteroatoms. The molecule has 2 aromatic heterocycles. The van der Waals surface area contributed by atoms with Gasteiger partial charge in [0.15, 0.2) is 11.5 Å². The maximum absolute atomic E-state index is 11.1. The summed E-state index contributed by atoms with van der Waals surface area (Å²) in [7, 11) is 0. The van der Waals surface area contributed by atoms with Gasteiger partial charge in [0, 0.05) is 11.8 Å². The number of hydrogen-bond acceptors (Lipinski definition) is 4. The number of hydrogen-bond donors (Lipinski definition) is 2. The number of fused-ring (bicyclic) bond motifs is 1. The zero-order valence-electron chi connectivity index (χ0n) is 10.9. The molecule has 0 aliphatic carbocycles. The van der Waals surface area contributed by atoms with Crippen LogP contribution in [0, 0.1) is 6.92 Å². The molecule has 0 unspecified atom stereocenters. The third-order valence-corrected chi connectivity index (χ3v) is 3.44. The minimum absolute atomic E-state index is 0.0454. The number of carboxylic acids is 1. The summed E-state index contributed by atoms with van der Waals surface area (Å²) in [5.74, 6) is -0.449. The fraction of sp³-hybridized carbons (Fsp3) is 0.0714. The highest BCUT2D eigenvalue weighted by molar-refractivity contribution is 6.33. The van der Waals surface area contributed by atoms with E-state index >= 15 is 0 Å². The van der Waals surface area contributed by atoms with Crippen molar-refractivity contribution in [3.8, 4) is 17.1 Å². The van der Waals surface area contributed by atoms with Gasteiger partial charge in [-0.15, -0.1) is 10.2 Å². The summed E-state index contributed by atoms with van der Waals surface area (Å²) in [6.07, 6.45) is 1.42. The lowest BCUT2D eigenvalue weighted by molar-refractivity contribution is 0.0696. The van der Waals surface area contributed by atoms with Crippen LogP contribution in [0.15, 0.2) is 30.5 Å². The fourth-order valence-electron chi connectivity index (χ4n) is 2.06. The molecule has 3 rings (SSSR count). The van der Waals surface area contributed by atoms with Crippen molar-refractivity contribution in [2.45, 2.75) is 6.92 Å². The van der Waals surface area contributed by atoms with Crippen molar-refractivity contribution in [3.63, 3.8) is 0 Å². The SMILES string of the molecule is Cc1cc(-c2nnc3c(Cl)cc(C(=O)O)cn23)ccc1O. The third-order valence-electron chi connectivity index (χ3n) is 3.16. The van der Waals surface area contributed by atoms with E-state index in [2.05, 4.69) is 10.2 Å². The first-order valence-corrected chi connectivity index (χ1v) is 6.42. The van der Waals surface area contributed by atoms with Crippen LogP contribution in [0.5, 0.6) is 5.75 Å². The second-order valence-electron chi connectivity index (χ2n) is 4.60. The second kappa shape index (κ2) is 4.75. The minimum Gasteiger partial charge on any atom is -0.508 e. The van der Waals surface area contributed by atoms with Gasteiger partial charge in [0.25, 0.3) is 0 Å². The number of rotatable bonds is 2. The average molecular weight is 304 g/mol. The zero-order chi connectivity index (χ0) is 15.1. The van der Waals surface area contributed by atoms with Crippen molar-refractivity contribution in [1.29, 1.82) is 0 Å². The number of carbonyl (C=O) groups is 1. The number of aromatic nitrogens is 3. The lowest BCUT2D eigenvalue weighted by Gasteiger charge is -2.05. The smallest absolute Gasteiger partial charge is 0.337 e. The molecule has 0 aliphatic heterocycles. The first-order valence-electron chi connectivity index (χ1n) is 6.05. The predicted molar refractivity (Wildman–Crippen MR) is 76.8 cm³/mol. The molecular formula is C14H10ClN3O3. The van der Waals surface area contributed by atoms with Gasteiger partial charge in [0.2, 0.25) is 0 Å². The van der Waals surface area contributed by atoms with Gasteiger partial charge in [-0.2, -0.15) is 0 Å². The summed E-state index contributed by atoms with van der Waals surface area (Å²) < 4.78 is 1.53. The summed E-state index contributed by atoms with van der Waals surface area (Å²) >= 11 is 6.04. The van der Waals surface area contributed by atoms with Crippen LogP contribution in [-0.2, 0) is 0 Å². The van der Waals surface area contributed by atoms with E-state index in [1.165, 1.54) is 16.7 Å². The quantitative estimate of drug-likeness (QED) is 0.760. The lowest BCUT2D eigenvalue weighted by atomic mass is 10.1. The molecule has 21 heavy (non-hydrogen) atoms. The summed E-state index contributed by atoms with van der Waals surface area (Å²) in [5.41, 5.74) is 1.81. The van der Waals surface area contributed by atoms with Gasteiger partial charge in [-0.05, 0) is 36.8 Å². The standard InChI is InChI=1S/C14H10ClN3O3/c1-7-4-8(2-3-11(7)19)12-16-17-13-10(15)5-9(14(20)21)6-18(12)13/h2-6,19H,1H3,(H,20,21). The fourth-order valence-corrected chi connectivity index (χ4v) is 2.31. The number of carboxylic acid groups (broad SMARTS) is 1. The molecule has 3 aromatic rings. The largest absolute Gasteiger partial charge is 0.508 e. The number of aromatic hydroxyl groups is 1. The number of aromatic carboxylic acids is 1. The molecule has 0 bridgehead atoms. The molecule has 2 heterocycles. The Bertz CT molecular complexity index is 873. The van der Waals surface area contributed by atoms with E-state index in [-0.39, 0.29) is 16.3 Å². The predicted octanol–water partition coefficient (Wildman–Crippen LogP) is 2.76. The van der Waals surface area contributed by atoms with E-state index in [0.29, 0.717) is 22.6 Å². The van der Waals surface area contributed by atoms with Crippen molar-refractivity contribution in [2.75, 3.05) is 0 Å². The Kier molecular flexibility index (Phi) is 3.03. The van der Waals surface area contributed by atoms with E-state index in [0.717, 1.165) is 0 Å². The number of phenols is 1. The Morgan fingerprint density at radius 1 is 1.29 bits per heavy atom. The average Bonchev–Trinajstić information content (AvgIpc) is 2.86. The molecule has 0 saturated carbocycles. The van der Waals surface area contributed by atoms with Crippen molar-refractivity contribution in [3.05, 3.63) is 46.6 Å². The monoisotopic (exact) mass is 303 g/mol. The Hall–Kier alpha value is -2.60. The van der Waals surface area contributed by atoms with Gasteiger partial charge in [-0.3, -0.25) is 4.40 Å². The van der Waals surface area contributed by atoms with Crippen LogP contribution in [-0.4, -0.2) is 30.8 Å². The van der Waals surface area contributed by atoms with Crippen LogP contribution in [0.1, 0.15) is 15.9 Å². The lowest BCUT2D eigenvalue weighted by Crippen LogP contribution is -2.00. The number of halogens is 1. The zero-order valence-corrected chi connectivity index (χ0v) is 11.7. The maximum Gasteiger partial charge on any atom is 0.337 e. The molecule has 0 amide bonds. The van der Waals surface area contributed by atoms with Gasteiger partial charge in [-0.25, -0.2) is 4.79 Å². The topological polar surface area (TPSA) is 87.7 Å². The molecule has 0 aliphatic rings. The Labute approximate surface area is 124 Å². The van der Waals surface area contributed by atoms with E-state index < -0.39 is 5.97 Å². The molecular weight excluding hydrogens is 294 g/mol. The highest BCUT2D eigenvalue weighted by Crippen LogP contribution is 2.27. The molecule has 0 saturated heterocycles. The van der Waals surface area contributed by atoms with Gasteiger partial charge in [0.1, 0.15) is 5.75 Å². The Balaban J connectivity index is 2.27. The molecule has 2 N–H and O–H groups in total. The van der Waals surface area contributed by atoms with Crippen molar-refractivity contribution >= 4 is 23.2 Å². The highest BCUT2D eigenvalue weighted by atomic mass is 35.5. The summed E-state index contributed by atoms with van der Waals surface area (Å²) in [5, 5.41) is 26.9. The first kappa shape index (κ1) is 13.4. The van der Waals surface area contributed by atoms with Crippen LogP contribution in [0.2, 0.25) is 5.02 Å². The minimum atomic E-state index is -1.08. The van der Waals surface area contributed by atoms with Gasteiger partial charge in [-0.1, -0.05) is 11.6 Å². The first-order chi connectivity index (χ1) is 9.97. The molecule has 0 spiro atoms. The normalized spacial score (nSPS) is 11.0. The van der Waals surface area contributed by atoms with Crippen molar-refractivity contribution in [2.24, 2.45) is 0 Å². The summed E-state index contributed by atoms with van der Waals surface area (Å²) in [4.78, 5) is 11.1. The number of benzene rings is 1. The van der Waals surface area contributed by atoms with Gasteiger partial charge in [0.05, 0.1) is 10.6 Å². The van der Waals surface area contributed by atoms with Crippen LogP contribution < -0.4 is 0 Å². The Morgan fingerprint density at radius 2 is 2.05 bits per heavy atom. The number of aryl methyl sites for hydroxylation is 1. The van der Waals surface area contributed by atoms with Crippen molar-refractivity contribution in [1.82, 2.24) is 14.6 Å². The number of nitrogens with zero attached hydrogens (tertiary/aromatic N) is 3. The molecule has 0 radical (unpaired) electrons. The molecule has 0 fully saturated rings. The molecule has 106 valence electrons. The molecule has 1 aromatic carbocycles. The maximum atomic E-state index is 11.1. The second-order valence-corrected chi connectivity index (χ2v) is 5.01.